The molecule has 0 aromatic heterocycles. The zero-order valence-corrected chi connectivity index (χ0v) is 24.4. The van der Waals surface area contributed by atoms with Gasteiger partial charge >= 0.3 is 0 Å². The van der Waals surface area contributed by atoms with Crippen LogP contribution >= 0.6 is 0 Å². The van der Waals surface area contributed by atoms with Crippen LogP contribution in [0.1, 0.15) is 39.0 Å². The Labute approximate surface area is 232 Å². The molecule has 10 nitrogen and oxygen atoms in total. The third kappa shape index (κ3) is 7.48. The van der Waals surface area contributed by atoms with Crippen LogP contribution in [-0.4, -0.2) is 79.9 Å². The van der Waals surface area contributed by atoms with E-state index in [1.807, 2.05) is 0 Å². The Bertz CT molecular complexity index is 1210. The van der Waals surface area contributed by atoms with E-state index in [9.17, 15) is 13.2 Å². The van der Waals surface area contributed by atoms with E-state index in [-0.39, 0.29) is 22.1 Å². The van der Waals surface area contributed by atoms with Gasteiger partial charge < -0.3 is 29.2 Å². The first kappa shape index (κ1) is 30.4. The molecule has 1 amide bonds. The molecule has 0 bridgehead atoms. The predicted octanol–water partition coefficient (Wildman–Crippen LogP) is 3.69. The van der Waals surface area contributed by atoms with Gasteiger partial charge in [-0.1, -0.05) is 13.3 Å². The highest BCUT2D eigenvalue weighted by molar-refractivity contribution is 7.92. The van der Waals surface area contributed by atoms with E-state index in [1.54, 1.807) is 12.1 Å². The van der Waals surface area contributed by atoms with Crippen molar-refractivity contribution in [2.45, 2.75) is 50.0 Å². The average Bonchev–Trinajstić information content (AvgIpc) is 2.97. The fourth-order valence-electron chi connectivity index (χ4n) is 4.91. The molecule has 216 valence electrons. The number of nitrogens with zero attached hydrogens (tertiary/aromatic N) is 2. The zero-order valence-electron chi connectivity index (χ0n) is 23.6. The molecular weight excluding hydrogens is 522 g/mol. The summed E-state index contributed by atoms with van der Waals surface area (Å²) < 4.78 is 50.3. The lowest BCUT2D eigenvalue weighted by molar-refractivity contribution is -0.119. The Balaban J connectivity index is 1.84. The maximum absolute atomic E-state index is 14.0. The molecule has 1 atom stereocenters. The highest BCUT2D eigenvalue weighted by Gasteiger charge is 2.31. The first-order valence-corrected chi connectivity index (χ1v) is 14.7. The quantitative estimate of drug-likeness (QED) is 0.347. The molecule has 1 saturated heterocycles. The Morgan fingerprint density at radius 3 is 2.36 bits per heavy atom. The number of sulfonamides is 1. The number of rotatable bonds is 14. The Morgan fingerprint density at radius 1 is 0.974 bits per heavy atom. The Morgan fingerprint density at radius 2 is 1.69 bits per heavy atom. The maximum Gasteiger partial charge on any atom is 0.265 e. The summed E-state index contributed by atoms with van der Waals surface area (Å²) in [7, 11) is 1.59. The molecular formula is C28H41N3O7S. The molecule has 3 rings (SSSR count). The fourth-order valence-corrected chi connectivity index (χ4v) is 6.35. The maximum atomic E-state index is 14.0. The molecule has 39 heavy (non-hydrogen) atoms. The van der Waals surface area contributed by atoms with Crippen molar-refractivity contribution >= 4 is 21.6 Å². The van der Waals surface area contributed by atoms with Gasteiger partial charge in [-0.15, -0.1) is 0 Å². The number of carbonyl (C=O) groups is 1. The van der Waals surface area contributed by atoms with E-state index < -0.39 is 22.5 Å². The zero-order chi connectivity index (χ0) is 28.4. The molecule has 0 spiro atoms. The van der Waals surface area contributed by atoms with Gasteiger partial charge in [0.15, 0.2) is 11.5 Å². The summed E-state index contributed by atoms with van der Waals surface area (Å²) in [5.41, 5.74) is 0.181. The van der Waals surface area contributed by atoms with Gasteiger partial charge in [-0.2, -0.15) is 0 Å². The molecule has 1 heterocycles. The molecule has 0 saturated carbocycles. The van der Waals surface area contributed by atoms with Crippen LogP contribution in [0.15, 0.2) is 41.3 Å². The van der Waals surface area contributed by atoms with Crippen molar-refractivity contribution in [3.05, 3.63) is 36.4 Å². The topological polar surface area (TPSA) is 107 Å². The molecule has 1 unspecified atom stereocenters. The number of nitrogens with one attached hydrogen (secondary N) is 1. The molecule has 2 aromatic rings. The molecule has 1 aliphatic rings. The van der Waals surface area contributed by atoms with Crippen LogP contribution in [0.2, 0.25) is 0 Å². The minimum atomic E-state index is -4.23. The molecule has 1 fully saturated rings. The SMILES string of the molecule is CCC1CCCCN1CCCNC(=O)CN(c1cc(OC)ccc1OC)S(=O)(=O)c1ccc(OC)c(OC)c1. The van der Waals surface area contributed by atoms with Crippen LogP contribution in [0.3, 0.4) is 0 Å². The van der Waals surface area contributed by atoms with Crippen molar-refractivity contribution in [1.82, 2.24) is 10.2 Å². The normalized spacial score (nSPS) is 15.9. The van der Waals surface area contributed by atoms with Gasteiger partial charge in [0.1, 0.15) is 18.0 Å². The third-order valence-corrected chi connectivity index (χ3v) is 8.81. The van der Waals surface area contributed by atoms with Gasteiger partial charge in [-0.25, -0.2) is 8.42 Å². The van der Waals surface area contributed by atoms with E-state index >= 15 is 0 Å². The van der Waals surface area contributed by atoms with E-state index in [0.29, 0.717) is 24.1 Å². The van der Waals surface area contributed by atoms with Crippen LogP contribution in [0, 0.1) is 0 Å². The van der Waals surface area contributed by atoms with Gasteiger partial charge in [-0.05, 0) is 56.5 Å². The molecule has 1 N–H and O–H groups in total. The third-order valence-electron chi connectivity index (χ3n) is 7.05. The van der Waals surface area contributed by atoms with Crippen molar-refractivity contribution in [2.75, 3.05) is 58.9 Å². The lowest BCUT2D eigenvalue weighted by atomic mass is 10.00. The van der Waals surface area contributed by atoms with Gasteiger partial charge in [0.2, 0.25) is 5.91 Å². The lowest BCUT2D eigenvalue weighted by Gasteiger charge is -2.35. The standard InChI is InChI=1S/C28H41N3O7S/c1-6-21-10-7-8-16-30(21)17-9-15-29-28(32)20-31(24-18-22(35-2)11-13-25(24)36-3)39(33,34)23-12-14-26(37-4)27(19-23)38-5/h11-14,18-19,21H,6-10,15-17,20H2,1-5H3,(H,29,32). The van der Waals surface area contributed by atoms with Gasteiger partial charge in [0.05, 0.1) is 39.0 Å². The predicted molar refractivity (Wildman–Crippen MR) is 151 cm³/mol. The number of piperidine rings is 1. The molecule has 0 aliphatic carbocycles. The number of methoxy groups -OCH3 is 4. The van der Waals surface area contributed by atoms with E-state index in [4.69, 9.17) is 18.9 Å². The van der Waals surface area contributed by atoms with Crippen LogP contribution < -0.4 is 28.6 Å². The van der Waals surface area contributed by atoms with Crippen LogP contribution in [0.25, 0.3) is 0 Å². The first-order valence-electron chi connectivity index (χ1n) is 13.3. The first-order chi connectivity index (χ1) is 18.8. The summed E-state index contributed by atoms with van der Waals surface area (Å²) in [5.74, 6) is 0.922. The number of benzene rings is 2. The number of carbonyl (C=O) groups excluding carboxylic acids is 1. The summed E-state index contributed by atoms with van der Waals surface area (Å²) in [4.78, 5) is 15.5. The smallest absolute Gasteiger partial charge is 0.265 e. The van der Waals surface area contributed by atoms with Crippen LogP contribution in [0.4, 0.5) is 5.69 Å². The second-order valence-electron chi connectivity index (χ2n) is 9.36. The number of hydrogen-bond donors (Lipinski definition) is 1. The number of likely N-dealkylation sites (tertiary alicyclic amines) is 1. The summed E-state index contributed by atoms with van der Waals surface area (Å²) in [6, 6.07) is 9.69. The minimum Gasteiger partial charge on any atom is -0.497 e. The fraction of sp³-hybridized carbons (Fsp3) is 0.536. The summed E-state index contributed by atoms with van der Waals surface area (Å²) in [6.45, 7) is 4.20. The summed E-state index contributed by atoms with van der Waals surface area (Å²) >= 11 is 0. The molecule has 2 aromatic carbocycles. The highest BCUT2D eigenvalue weighted by Crippen LogP contribution is 2.37. The largest absolute Gasteiger partial charge is 0.497 e. The van der Waals surface area contributed by atoms with Gasteiger partial charge in [0.25, 0.3) is 10.0 Å². The van der Waals surface area contributed by atoms with Crippen LogP contribution in [0.5, 0.6) is 23.0 Å². The number of anilines is 1. The number of hydrogen-bond acceptors (Lipinski definition) is 8. The highest BCUT2D eigenvalue weighted by atomic mass is 32.2. The van der Waals surface area contributed by atoms with Crippen molar-refractivity contribution < 1.29 is 32.2 Å². The minimum absolute atomic E-state index is 0.0615. The Kier molecular flexibility index (Phi) is 11.1. The second-order valence-corrected chi connectivity index (χ2v) is 11.2. The Hall–Kier alpha value is -3.18. The summed E-state index contributed by atoms with van der Waals surface area (Å²) in [6.07, 6.45) is 5.59. The van der Waals surface area contributed by atoms with Gasteiger partial charge in [0, 0.05) is 31.3 Å². The van der Waals surface area contributed by atoms with Crippen molar-refractivity contribution in [1.29, 1.82) is 0 Å². The van der Waals surface area contributed by atoms with Crippen LogP contribution in [-0.2, 0) is 14.8 Å². The van der Waals surface area contributed by atoms with Crippen molar-refractivity contribution in [3.8, 4) is 23.0 Å². The molecule has 11 heteroatoms. The summed E-state index contributed by atoms with van der Waals surface area (Å²) in [5, 5.41) is 2.90. The van der Waals surface area contributed by atoms with E-state index in [0.717, 1.165) is 30.2 Å². The van der Waals surface area contributed by atoms with Gasteiger partial charge in [-0.3, -0.25) is 9.10 Å². The van der Waals surface area contributed by atoms with Crippen molar-refractivity contribution in [3.63, 3.8) is 0 Å². The number of amides is 1. The molecule has 1 aliphatic heterocycles. The average molecular weight is 564 g/mol. The number of ether oxygens (including phenoxy) is 4. The monoisotopic (exact) mass is 563 g/mol. The van der Waals surface area contributed by atoms with Crippen molar-refractivity contribution in [2.24, 2.45) is 0 Å². The lowest BCUT2D eigenvalue weighted by Crippen LogP contribution is -2.43. The molecule has 0 radical (unpaired) electrons. The van der Waals surface area contributed by atoms with E-state index in [2.05, 4.69) is 17.1 Å². The second kappa shape index (κ2) is 14.3. The van der Waals surface area contributed by atoms with E-state index in [1.165, 1.54) is 72.0 Å².